The summed E-state index contributed by atoms with van der Waals surface area (Å²) in [5.41, 5.74) is 0.753. The molecule has 2 aromatic rings. The van der Waals surface area contributed by atoms with Gasteiger partial charge in [-0.1, -0.05) is 19.4 Å². The molecule has 1 aromatic carbocycles. The Kier molecular flexibility index (Phi) is 7.45. The number of benzene rings is 1. The Bertz CT molecular complexity index is 754. The number of rotatable bonds is 8. The minimum Gasteiger partial charge on any atom is -0.494 e. The number of unbranched alkanes of at least 4 members (excludes halogenated alkanes) is 1. The lowest BCUT2D eigenvalue weighted by atomic mass is 10.2. The third-order valence-electron chi connectivity index (χ3n) is 4.69. The highest BCUT2D eigenvalue weighted by Gasteiger charge is 2.23. The van der Waals surface area contributed by atoms with Crippen LogP contribution in [-0.4, -0.2) is 60.9 Å². The summed E-state index contributed by atoms with van der Waals surface area (Å²) < 4.78 is 5.64. The molecule has 3 rings (SSSR count). The van der Waals surface area contributed by atoms with Crippen molar-refractivity contribution in [3.8, 4) is 5.75 Å². The fourth-order valence-corrected chi connectivity index (χ4v) is 3.66. The van der Waals surface area contributed by atoms with Crippen molar-refractivity contribution in [1.82, 2.24) is 9.80 Å². The van der Waals surface area contributed by atoms with Crippen LogP contribution in [0.3, 0.4) is 0 Å². The van der Waals surface area contributed by atoms with Crippen molar-refractivity contribution in [3.63, 3.8) is 0 Å². The molecular weight excluding hydrogens is 374 g/mol. The number of ether oxygens (including phenoxy) is 1. The predicted molar refractivity (Wildman–Crippen MR) is 113 cm³/mol. The van der Waals surface area contributed by atoms with Crippen molar-refractivity contribution in [1.29, 1.82) is 0 Å². The highest BCUT2D eigenvalue weighted by atomic mass is 32.1. The number of anilines is 1. The SMILES string of the molecule is CCCCOc1ccc(NC(=O)N2CCN(CC(=O)c3cccs3)CC2)cc1. The molecule has 1 saturated heterocycles. The van der Waals surface area contributed by atoms with Gasteiger partial charge >= 0.3 is 6.03 Å². The van der Waals surface area contributed by atoms with Crippen LogP contribution in [0.5, 0.6) is 5.75 Å². The van der Waals surface area contributed by atoms with Gasteiger partial charge in [-0.3, -0.25) is 9.69 Å². The highest BCUT2D eigenvalue weighted by molar-refractivity contribution is 7.12. The van der Waals surface area contributed by atoms with Gasteiger partial charge in [-0.15, -0.1) is 11.3 Å². The Balaban J connectivity index is 1.41. The predicted octanol–water partition coefficient (Wildman–Crippen LogP) is 3.96. The first-order valence-corrected chi connectivity index (χ1v) is 10.6. The van der Waals surface area contributed by atoms with Crippen LogP contribution in [0.4, 0.5) is 10.5 Å². The van der Waals surface area contributed by atoms with Gasteiger partial charge < -0.3 is 15.0 Å². The number of hydrogen-bond acceptors (Lipinski definition) is 5. The van der Waals surface area contributed by atoms with Crippen molar-refractivity contribution in [2.45, 2.75) is 19.8 Å². The number of urea groups is 1. The summed E-state index contributed by atoms with van der Waals surface area (Å²) in [4.78, 5) is 29.4. The molecule has 6 nitrogen and oxygen atoms in total. The number of thiophene rings is 1. The van der Waals surface area contributed by atoms with E-state index >= 15 is 0 Å². The number of carbonyl (C=O) groups is 2. The van der Waals surface area contributed by atoms with Gasteiger partial charge in [-0.25, -0.2) is 4.79 Å². The zero-order chi connectivity index (χ0) is 19.8. The number of hydrogen-bond donors (Lipinski definition) is 1. The number of carbonyl (C=O) groups excluding carboxylic acids is 2. The van der Waals surface area contributed by atoms with E-state index in [0.29, 0.717) is 39.3 Å². The van der Waals surface area contributed by atoms with Gasteiger partial charge in [0.15, 0.2) is 5.78 Å². The van der Waals surface area contributed by atoms with Crippen molar-refractivity contribution in [2.75, 3.05) is 44.6 Å². The average Bonchev–Trinajstić information content (AvgIpc) is 3.25. The molecule has 0 bridgehead atoms. The number of ketones is 1. The number of amides is 2. The zero-order valence-electron chi connectivity index (χ0n) is 16.2. The van der Waals surface area contributed by atoms with E-state index in [0.717, 1.165) is 29.2 Å². The number of nitrogens with zero attached hydrogens (tertiary/aromatic N) is 2. The van der Waals surface area contributed by atoms with Crippen molar-refractivity contribution in [3.05, 3.63) is 46.7 Å². The molecule has 1 aliphatic heterocycles. The van der Waals surface area contributed by atoms with E-state index < -0.39 is 0 Å². The minimum atomic E-state index is -0.108. The van der Waals surface area contributed by atoms with Gasteiger partial charge in [-0.2, -0.15) is 0 Å². The number of piperazine rings is 1. The van der Waals surface area contributed by atoms with Gasteiger partial charge in [0.05, 0.1) is 18.0 Å². The van der Waals surface area contributed by atoms with E-state index in [1.165, 1.54) is 11.3 Å². The van der Waals surface area contributed by atoms with E-state index in [4.69, 9.17) is 4.74 Å². The van der Waals surface area contributed by atoms with Crippen LogP contribution in [0.2, 0.25) is 0 Å². The largest absolute Gasteiger partial charge is 0.494 e. The number of nitrogens with one attached hydrogen (secondary N) is 1. The quantitative estimate of drug-likeness (QED) is 0.537. The maximum Gasteiger partial charge on any atom is 0.321 e. The van der Waals surface area contributed by atoms with Crippen LogP contribution in [0.25, 0.3) is 0 Å². The van der Waals surface area contributed by atoms with Crippen molar-refractivity contribution < 1.29 is 14.3 Å². The molecule has 28 heavy (non-hydrogen) atoms. The monoisotopic (exact) mass is 401 g/mol. The lowest BCUT2D eigenvalue weighted by Crippen LogP contribution is -2.51. The molecule has 150 valence electrons. The normalized spacial score (nSPS) is 14.7. The molecule has 0 spiro atoms. The maximum atomic E-state index is 12.5. The second kappa shape index (κ2) is 10.2. The molecule has 7 heteroatoms. The second-order valence-corrected chi connectivity index (χ2v) is 7.77. The van der Waals surface area contributed by atoms with Crippen molar-refractivity contribution >= 4 is 28.8 Å². The molecule has 0 saturated carbocycles. The zero-order valence-corrected chi connectivity index (χ0v) is 17.0. The molecule has 2 amide bonds. The summed E-state index contributed by atoms with van der Waals surface area (Å²) in [6, 6.07) is 11.1. The van der Waals surface area contributed by atoms with Gasteiger partial charge in [0.25, 0.3) is 0 Å². The first-order chi connectivity index (χ1) is 13.7. The molecule has 1 N–H and O–H groups in total. The topological polar surface area (TPSA) is 61.9 Å². The van der Waals surface area contributed by atoms with Crippen LogP contribution < -0.4 is 10.1 Å². The van der Waals surface area contributed by atoms with E-state index in [1.54, 1.807) is 4.90 Å². The van der Waals surface area contributed by atoms with Crippen LogP contribution >= 0.6 is 11.3 Å². The van der Waals surface area contributed by atoms with E-state index in [1.807, 2.05) is 41.8 Å². The van der Waals surface area contributed by atoms with E-state index in [9.17, 15) is 9.59 Å². The first kappa shape index (κ1) is 20.4. The molecule has 0 aliphatic carbocycles. The first-order valence-electron chi connectivity index (χ1n) is 9.73. The summed E-state index contributed by atoms with van der Waals surface area (Å²) in [5, 5.41) is 4.85. The molecular formula is C21H27N3O3S. The molecule has 2 heterocycles. The lowest BCUT2D eigenvalue weighted by Gasteiger charge is -2.34. The smallest absolute Gasteiger partial charge is 0.321 e. The molecule has 0 unspecified atom stereocenters. The Morgan fingerprint density at radius 3 is 2.50 bits per heavy atom. The fourth-order valence-electron chi connectivity index (χ4n) is 3.00. The highest BCUT2D eigenvalue weighted by Crippen LogP contribution is 2.17. The van der Waals surface area contributed by atoms with E-state index in [-0.39, 0.29) is 11.8 Å². The van der Waals surface area contributed by atoms with Crippen molar-refractivity contribution in [2.24, 2.45) is 0 Å². The van der Waals surface area contributed by atoms with Gasteiger partial charge in [-0.05, 0) is 42.1 Å². The van der Waals surface area contributed by atoms with Crippen LogP contribution in [0.15, 0.2) is 41.8 Å². The molecule has 0 radical (unpaired) electrons. The van der Waals surface area contributed by atoms with E-state index in [2.05, 4.69) is 17.1 Å². The minimum absolute atomic E-state index is 0.108. The lowest BCUT2D eigenvalue weighted by molar-refractivity contribution is 0.0887. The fraction of sp³-hybridized carbons (Fsp3) is 0.429. The standard InChI is InChI=1S/C21H27N3O3S/c1-2-3-14-27-18-8-6-17(7-9-18)22-21(26)24-12-10-23(11-13-24)16-19(25)20-5-4-15-28-20/h4-9,15H,2-3,10-14,16H2,1H3,(H,22,26). The molecule has 1 aliphatic rings. The Morgan fingerprint density at radius 2 is 1.86 bits per heavy atom. The van der Waals surface area contributed by atoms with Gasteiger partial charge in [0.1, 0.15) is 5.75 Å². The average molecular weight is 402 g/mol. The summed E-state index contributed by atoms with van der Waals surface area (Å²) in [6.45, 7) is 5.88. The molecule has 0 atom stereocenters. The Hall–Kier alpha value is -2.38. The molecule has 1 fully saturated rings. The van der Waals surface area contributed by atoms with Gasteiger partial charge in [0.2, 0.25) is 0 Å². The Labute approximate surface area is 170 Å². The summed E-state index contributed by atoms with van der Waals surface area (Å²) in [5.74, 6) is 0.963. The van der Waals surface area contributed by atoms with Crippen LogP contribution in [0, 0.1) is 0 Å². The maximum absolute atomic E-state index is 12.5. The molecule has 1 aromatic heterocycles. The Morgan fingerprint density at radius 1 is 1.11 bits per heavy atom. The van der Waals surface area contributed by atoms with Crippen LogP contribution in [0.1, 0.15) is 29.4 Å². The van der Waals surface area contributed by atoms with Crippen LogP contribution in [-0.2, 0) is 0 Å². The van der Waals surface area contributed by atoms with Gasteiger partial charge in [0, 0.05) is 31.9 Å². The second-order valence-electron chi connectivity index (χ2n) is 6.82. The number of Topliss-reactive ketones (excluding diaryl/α,β-unsaturated/α-hetero) is 1. The summed E-state index contributed by atoms with van der Waals surface area (Å²) in [6.07, 6.45) is 2.13. The summed E-state index contributed by atoms with van der Waals surface area (Å²) in [7, 11) is 0. The third kappa shape index (κ3) is 5.81. The summed E-state index contributed by atoms with van der Waals surface area (Å²) >= 11 is 1.47. The third-order valence-corrected chi connectivity index (χ3v) is 5.61.